The lowest BCUT2D eigenvalue weighted by atomic mass is 10.1. The van der Waals surface area contributed by atoms with Crippen molar-refractivity contribution in [3.8, 4) is 5.75 Å². The highest BCUT2D eigenvalue weighted by molar-refractivity contribution is 5.94. The molecule has 0 heterocycles. The largest absolute Gasteiger partial charge is 0.486 e. The number of hydrogen-bond acceptors (Lipinski definition) is 4. The Kier molecular flexibility index (Phi) is 6.06. The van der Waals surface area contributed by atoms with Gasteiger partial charge in [-0.05, 0) is 30.2 Å². The summed E-state index contributed by atoms with van der Waals surface area (Å²) in [6.45, 7) is 2.21. The van der Waals surface area contributed by atoms with E-state index in [0.29, 0.717) is 23.6 Å². The number of rotatable bonds is 4. The first-order valence-electron chi connectivity index (χ1n) is 6.27. The van der Waals surface area contributed by atoms with Crippen molar-refractivity contribution in [2.75, 3.05) is 12.8 Å². The van der Waals surface area contributed by atoms with Gasteiger partial charge in [0.1, 0.15) is 12.2 Å². The molecule has 112 valence electrons. The summed E-state index contributed by atoms with van der Waals surface area (Å²) in [5.41, 5.74) is 8.61. The van der Waals surface area contributed by atoms with E-state index in [1.807, 2.05) is 37.3 Å². The molecule has 4 nitrogen and oxygen atoms in total. The highest BCUT2D eigenvalue weighted by Crippen LogP contribution is 2.29. The van der Waals surface area contributed by atoms with E-state index in [-0.39, 0.29) is 12.4 Å². The van der Waals surface area contributed by atoms with Crippen LogP contribution < -0.4 is 10.5 Å². The van der Waals surface area contributed by atoms with E-state index in [1.54, 1.807) is 12.1 Å². The van der Waals surface area contributed by atoms with Gasteiger partial charge in [0.05, 0.1) is 12.8 Å². The SMILES string of the molecule is COC(=O)c1cc(C)cc(N)c1OCc1ccccc1.Cl. The van der Waals surface area contributed by atoms with Crippen LogP contribution >= 0.6 is 12.4 Å². The van der Waals surface area contributed by atoms with Gasteiger partial charge in [0.15, 0.2) is 5.75 Å². The summed E-state index contributed by atoms with van der Waals surface area (Å²) in [5, 5.41) is 0. The van der Waals surface area contributed by atoms with Gasteiger partial charge in [-0.2, -0.15) is 0 Å². The number of carbonyl (C=O) groups is 1. The van der Waals surface area contributed by atoms with Crippen LogP contribution in [-0.4, -0.2) is 13.1 Å². The third-order valence-electron chi connectivity index (χ3n) is 2.89. The standard InChI is InChI=1S/C16H17NO3.ClH/c1-11-8-13(16(18)19-2)15(14(17)9-11)20-10-12-6-4-3-5-7-12;/h3-9H,10,17H2,1-2H3;1H. The molecule has 0 bridgehead atoms. The summed E-state index contributed by atoms with van der Waals surface area (Å²) >= 11 is 0. The van der Waals surface area contributed by atoms with Crippen molar-refractivity contribution in [3.63, 3.8) is 0 Å². The molecule has 2 N–H and O–H groups in total. The molecule has 0 fully saturated rings. The molecule has 0 amide bonds. The fourth-order valence-electron chi connectivity index (χ4n) is 1.95. The monoisotopic (exact) mass is 307 g/mol. The van der Waals surface area contributed by atoms with Crippen molar-refractivity contribution < 1.29 is 14.3 Å². The van der Waals surface area contributed by atoms with Crippen molar-refractivity contribution in [2.45, 2.75) is 13.5 Å². The number of anilines is 1. The number of esters is 1. The molecule has 0 spiro atoms. The fraction of sp³-hybridized carbons (Fsp3) is 0.188. The average Bonchev–Trinajstić information content (AvgIpc) is 2.46. The minimum absolute atomic E-state index is 0. The maximum atomic E-state index is 11.8. The molecule has 2 aromatic carbocycles. The number of hydrogen-bond donors (Lipinski definition) is 1. The van der Waals surface area contributed by atoms with E-state index in [1.165, 1.54) is 7.11 Å². The molecule has 0 aromatic heterocycles. The van der Waals surface area contributed by atoms with Crippen LogP contribution in [0, 0.1) is 6.92 Å². The Bertz CT molecular complexity index is 614. The first-order valence-corrected chi connectivity index (χ1v) is 6.27. The lowest BCUT2D eigenvalue weighted by molar-refractivity contribution is 0.0595. The van der Waals surface area contributed by atoms with Crippen molar-refractivity contribution in [2.24, 2.45) is 0 Å². The van der Waals surface area contributed by atoms with Crippen molar-refractivity contribution in [1.29, 1.82) is 0 Å². The number of aryl methyl sites for hydroxylation is 1. The third kappa shape index (κ3) is 4.13. The maximum Gasteiger partial charge on any atom is 0.341 e. The van der Waals surface area contributed by atoms with Gasteiger partial charge < -0.3 is 15.2 Å². The van der Waals surface area contributed by atoms with Gasteiger partial charge in [0, 0.05) is 0 Å². The van der Waals surface area contributed by atoms with Crippen LogP contribution in [0.25, 0.3) is 0 Å². The number of nitrogens with two attached hydrogens (primary N) is 1. The normalized spacial score (nSPS) is 9.62. The summed E-state index contributed by atoms with van der Waals surface area (Å²) in [6.07, 6.45) is 0. The molecular formula is C16H18ClNO3. The van der Waals surface area contributed by atoms with E-state index >= 15 is 0 Å². The predicted octanol–water partition coefficient (Wildman–Crippen LogP) is 3.36. The highest BCUT2D eigenvalue weighted by atomic mass is 35.5. The van der Waals surface area contributed by atoms with Gasteiger partial charge in [-0.15, -0.1) is 12.4 Å². The molecule has 0 unspecified atom stereocenters. The van der Waals surface area contributed by atoms with Gasteiger partial charge >= 0.3 is 5.97 Å². The van der Waals surface area contributed by atoms with Crippen molar-refractivity contribution in [1.82, 2.24) is 0 Å². The summed E-state index contributed by atoms with van der Waals surface area (Å²) in [5.74, 6) is -0.0882. The first-order chi connectivity index (χ1) is 9.61. The Morgan fingerprint density at radius 3 is 2.48 bits per heavy atom. The Labute approximate surface area is 130 Å². The fourth-order valence-corrected chi connectivity index (χ4v) is 1.95. The van der Waals surface area contributed by atoms with Crippen LogP contribution in [0.15, 0.2) is 42.5 Å². The number of halogens is 1. The smallest absolute Gasteiger partial charge is 0.341 e. The average molecular weight is 308 g/mol. The maximum absolute atomic E-state index is 11.8. The zero-order valence-corrected chi connectivity index (χ0v) is 12.8. The lowest BCUT2D eigenvalue weighted by Crippen LogP contribution is -2.08. The van der Waals surface area contributed by atoms with Crippen molar-refractivity contribution >= 4 is 24.1 Å². The topological polar surface area (TPSA) is 61.5 Å². The van der Waals surface area contributed by atoms with Gasteiger partial charge in [-0.3, -0.25) is 0 Å². The quantitative estimate of drug-likeness (QED) is 0.695. The number of ether oxygens (including phenoxy) is 2. The predicted molar refractivity (Wildman–Crippen MR) is 85.0 cm³/mol. The molecule has 0 aliphatic carbocycles. The third-order valence-corrected chi connectivity index (χ3v) is 2.89. The molecule has 5 heteroatoms. The Hall–Kier alpha value is -2.20. The second-order valence-corrected chi connectivity index (χ2v) is 4.50. The zero-order chi connectivity index (χ0) is 14.5. The molecular weight excluding hydrogens is 290 g/mol. The van der Waals surface area contributed by atoms with E-state index in [2.05, 4.69) is 0 Å². The minimum Gasteiger partial charge on any atom is -0.486 e. The lowest BCUT2D eigenvalue weighted by Gasteiger charge is -2.13. The molecule has 2 aromatic rings. The minimum atomic E-state index is -0.455. The summed E-state index contributed by atoms with van der Waals surface area (Å²) < 4.78 is 10.5. The molecule has 0 saturated heterocycles. The van der Waals surface area contributed by atoms with E-state index in [0.717, 1.165) is 11.1 Å². The zero-order valence-electron chi connectivity index (χ0n) is 12.0. The van der Waals surface area contributed by atoms with Crippen molar-refractivity contribution in [3.05, 3.63) is 59.2 Å². The Balaban J connectivity index is 0.00000220. The van der Waals surface area contributed by atoms with E-state index in [9.17, 15) is 4.79 Å². The summed E-state index contributed by atoms with van der Waals surface area (Å²) in [7, 11) is 1.34. The molecule has 2 rings (SSSR count). The first kappa shape index (κ1) is 16.9. The van der Waals surface area contributed by atoms with Gasteiger partial charge in [-0.25, -0.2) is 4.79 Å². The van der Waals surface area contributed by atoms with Gasteiger partial charge in [-0.1, -0.05) is 30.3 Å². The van der Waals surface area contributed by atoms with Crippen LogP contribution in [0.3, 0.4) is 0 Å². The molecule has 0 radical (unpaired) electrons. The number of nitrogen functional groups attached to an aromatic ring is 1. The molecule has 0 aliphatic heterocycles. The van der Waals surface area contributed by atoms with Crippen LogP contribution in [-0.2, 0) is 11.3 Å². The molecule has 0 atom stereocenters. The van der Waals surface area contributed by atoms with Crippen LogP contribution in [0.1, 0.15) is 21.5 Å². The van der Waals surface area contributed by atoms with Crippen LogP contribution in [0.5, 0.6) is 5.75 Å². The van der Waals surface area contributed by atoms with Gasteiger partial charge in [0.2, 0.25) is 0 Å². The van der Waals surface area contributed by atoms with Crippen LogP contribution in [0.4, 0.5) is 5.69 Å². The molecule has 0 saturated carbocycles. The summed E-state index contributed by atoms with van der Waals surface area (Å²) in [4.78, 5) is 11.8. The molecule has 21 heavy (non-hydrogen) atoms. The van der Waals surface area contributed by atoms with Crippen LogP contribution in [0.2, 0.25) is 0 Å². The van der Waals surface area contributed by atoms with Gasteiger partial charge in [0.25, 0.3) is 0 Å². The molecule has 0 aliphatic rings. The van der Waals surface area contributed by atoms with E-state index in [4.69, 9.17) is 15.2 Å². The number of carbonyl (C=O) groups excluding carboxylic acids is 1. The number of benzene rings is 2. The Morgan fingerprint density at radius 2 is 1.86 bits per heavy atom. The van der Waals surface area contributed by atoms with E-state index < -0.39 is 5.97 Å². The second kappa shape index (κ2) is 7.55. The number of methoxy groups -OCH3 is 1. The Morgan fingerprint density at radius 1 is 1.19 bits per heavy atom. The second-order valence-electron chi connectivity index (χ2n) is 4.50. The highest BCUT2D eigenvalue weighted by Gasteiger charge is 2.17. The summed E-state index contributed by atoms with van der Waals surface area (Å²) in [6, 6.07) is 13.2.